The van der Waals surface area contributed by atoms with Crippen LogP contribution in [0.1, 0.15) is 0 Å². The second kappa shape index (κ2) is 9.77. The second-order valence-electron chi connectivity index (χ2n) is 2.74. The molecule has 0 atom stereocenters. The summed E-state index contributed by atoms with van der Waals surface area (Å²) >= 11 is 0. The summed E-state index contributed by atoms with van der Waals surface area (Å²) in [6.45, 7) is 0. The van der Waals surface area contributed by atoms with Gasteiger partial charge < -0.3 is 5.53 Å². The van der Waals surface area contributed by atoms with Gasteiger partial charge in [-0.1, -0.05) is 0 Å². The number of carbonyl (C=O) groups excluding carboxylic acids is 1. The summed E-state index contributed by atoms with van der Waals surface area (Å²) < 4.78 is 0. The molecule has 0 N–H and O–H groups in total. The van der Waals surface area contributed by atoms with E-state index in [4.69, 9.17) is 5.53 Å². The number of hydrogen-bond acceptors (Lipinski definition) is 1. The normalized spacial score (nSPS) is 19.0. The van der Waals surface area contributed by atoms with Crippen molar-refractivity contribution in [2.24, 2.45) is 0 Å². The molecule has 0 aliphatic heterocycles. The van der Waals surface area contributed by atoms with Gasteiger partial charge in [0.15, 0.2) is 0 Å². The molecule has 0 saturated heterocycles. The fraction of sp³-hybridized carbons (Fsp3) is 0. The van der Waals surface area contributed by atoms with Gasteiger partial charge in [0.1, 0.15) is 0 Å². The summed E-state index contributed by atoms with van der Waals surface area (Å²) in [4.78, 5) is 13.4. The van der Waals surface area contributed by atoms with Gasteiger partial charge in [0.05, 0.1) is 5.92 Å². The van der Waals surface area contributed by atoms with Gasteiger partial charge in [0.25, 0.3) is 0 Å². The van der Waals surface area contributed by atoms with Crippen LogP contribution in [0.4, 0.5) is 0 Å². The van der Waals surface area contributed by atoms with E-state index in [0.29, 0.717) is 5.92 Å². The van der Waals surface area contributed by atoms with Crippen LogP contribution in [0.3, 0.4) is 0 Å². The van der Waals surface area contributed by atoms with Gasteiger partial charge in [-0.25, -0.2) is 0 Å². The van der Waals surface area contributed by atoms with Crippen LogP contribution >= 0.6 is 0 Å². The standard InChI is InChI=1S/C7H5N2O.C5H5.Fe/c8-9-5-7(10)6-3-1-2-4-6;1-2-4-5-3-1;/h1-5H;1-5H;. The maximum Gasteiger partial charge on any atom is 0.323 e. The number of carbonyl (C=O) groups is 1. The summed E-state index contributed by atoms with van der Waals surface area (Å²) in [5.74, 6) is 0.255. The average Bonchev–Trinajstić information content (AvgIpc) is 2.95. The van der Waals surface area contributed by atoms with E-state index in [2.05, 4.69) is 4.79 Å². The van der Waals surface area contributed by atoms with Crippen molar-refractivity contribution in [2.75, 3.05) is 0 Å². The molecular formula is C12H10FeN2O. The Morgan fingerprint density at radius 3 is 1.81 bits per heavy atom. The molecule has 2 aliphatic carbocycles. The van der Waals surface area contributed by atoms with Crippen molar-refractivity contribution >= 4 is 12.0 Å². The molecule has 0 aromatic carbocycles. The summed E-state index contributed by atoms with van der Waals surface area (Å²) in [7, 11) is 0. The van der Waals surface area contributed by atoms with Gasteiger partial charge in [-0.2, -0.15) is 4.79 Å². The van der Waals surface area contributed by atoms with Gasteiger partial charge in [-0.15, -0.1) is 0 Å². The van der Waals surface area contributed by atoms with Crippen molar-refractivity contribution < 1.29 is 26.7 Å². The predicted molar refractivity (Wildman–Crippen MR) is 56.6 cm³/mol. The van der Waals surface area contributed by atoms with E-state index in [1.54, 1.807) is 25.7 Å². The first-order valence-corrected chi connectivity index (χ1v) is 4.45. The average molecular weight is 254 g/mol. The molecular weight excluding hydrogens is 244 g/mol. The van der Waals surface area contributed by atoms with Gasteiger partial charge in [-0.05, 0) is 57.8 Å². The first-order valence-electron chi connectivity index (χ1n) is 4.45. The molecule has 0 heterocycles. The number of ketones is 1. The van der Waals surface area contributed by atoms with Crippen molar-refractivity contribution in [1.29, 1.82) is 0 Å². The van der Waals surface area contributed by atoms with Gasteiger partial charge >= 0.3 is 6.21 Å². The Kier molecular flexibility index (Phi) is 9.51. The van der Waals surface area contributed by atoms with Gasteiger partial charge in [-0.3, -0.25) is 4.79 Å². The van der Waals surface area contributed by atoms with Crippen LogP contribution in [0.15, 0.2) is 0 Å². The van der Waals surface area contributed by atoms with Crippen molar-refractivity contribution in [1.82, 2.24) is 0 Å². The van der Waals surface area contributed by atoms with Crippen molar-refractivity contribution in [3.63, 3.8) is 0 Å². The minimum absolute atomic E-state index is 0. The Morgan fingerprint density at radius 1 is 1.00 bits per heavy atom. The fourth-order valence-corrected chi connectivity index (χ4v) is 0.986. The van der Waals surface area contributed by atoms with Crippen molar-refractivity contribution in [3.8, 4) is 0 Å². The van der Waals surface area contributed by atoms with Crippen molar-refractivity contribution in [3.05, 3.63) is 69.2 Å². The summed E-state index contributed by atoms with van der Waals surface area (Å²) in [5.41, 5.74) is 7.98. The largest absolute Gasteiger partial charge is 0.361 e. The van der Waals surface area contributed by atoms with E-state index in [1.165, 1.54) is 0 Å². The molecule has 3 nitrogen and oxygen atoms in total. The fourth-order valence-electron chi connectivity index (χ4n) is 0.986. The van der Waals surface area contributed by atoms with Gasteiger partial charge in [0.2, 0.25) is 5.78 Å². The van der Waals surface area contributed by atoms with Crippen LogP contribution < -0.4 is 0 Å². The molecule has 0 aromatic rings. The van der Waals surface area contributed by atoms with Crippen LogP contribution in [-0.4, -0.2) is 16.8 Å². The topological polar surface area (TPSA) is 53.5 Å². The molecule has 2 fully saturated rings. The third-order valence-corrected chi connectivity index (χ3v) is 1.68. The molecule has 0 spiro atoms. The van der Waals surface area contributed by atoms with Gasteiger partial charge in [0, 0.05) is 17.1 Å². The zero-order valence-corrected chi connectivity index (χ0v) is 9.53. The summed E-state index contributed by atoms with van der Waals surface area (Å²) in [6.07, 6.45) is 17.7. The first kappa shape index (κ1) is 15.6. The summed E-state index contributed by atoms with van der Waals surface area (Å²) in [6, 6.07) is 0. The van der Waals surface area contributed by atoms with Crippen LogP contribution in [-0.2, 0) is 21.9 Å². The molecule has 0 unspecified atom stereocenters. The third-order valence-electron chi connectivity index (χ3n) is 1.68. The smallest absolute Gasteiger partial charge is 0.323 e. The number of Topliss-reactive ketones (excluding diaryl/α,β-unsaturated/α-hetero) is 1. The second-order valence-corrected chi connectivity index (χ2v) is 2.74. The number of nitrogens with zero attached hydrogens (tertiary/aromatic N) is 2. The van der Waals surface area contributed by atoms with E-state index in [0.717, 1.165) is 6.21 Å². The molecule has 2 aliphatic rings. The maximum atomic E-state index is 10.8. The molecule has 10 radical (unpaired) electrons. The number of hydrogen-bond donors (Lipinski definition) is 0. The van der Waals surface area contributed by atoms with E-state index >= 15 is 0 Å². The molecule has 4 heteroatoms. The minimum Gasteiger partial charge on any atom is -0.361 e. The summed E-state index contributed by atoms with van der Waals surface area (Å²) in [5, 5.41) is 0. The molecule has 0 amide bonds. The Labute approximate surface area is 108 Å². The first-order chi connectivity index (χ1) is 7.34. The van der Waals surface area contributed by atoms with Crippen molar-refractivity contribution in [2.45, 2.75) is 0 Å². The third kappa shape index (κ3) is 6.22. The molecule has 2 rings (SSSR count). The molecule has 16 heavy (non-hydrogen) atoms. The van der Waals surface area contributed by atoms with Crippen LogP contribution in [0.5, 0.6) is 0 Å². The minimum atomic E-state index is -0.285. The van der Waals surface area contributed by atoms with Crippen LogP contribution in [0.25, 0.3) is 5.53 Å². The Morgan fingerprint density at radius 2 is 1.44 bits per heavy atom. The van der Waals surface area contributed by atoms with E-state index in [1.807, 2.05) is 32.1 Å². The molecule has 0 bridgehead atoms. The van der Waals surface area contributed by atoms with E-state index in [-0.39, 0.29) is 22.9 Å². The molecule has 2 saturated carbocycles. The Bertz CT molecular complexity index is 232. The Hall–Kier alpha value is -0.431. The monoisotopic (exact) mass is 254 g/mol. The zero-order valence-electron chi connectivity index (χ0n) is 8.43. The SMILES string of the molecule is [CH]1[CH][CH][CH][CH]1.[Fe].[N-]=[N+]=CC(=O)[C]1[CH][CH][CH][CH]1. The van der Waals surface area contributed by atoms with Crippen LogP contribution in [0.2, 0.25) is 0 Å². The van der Waals surface area contributed by atoms with E-state index in [9.17, 15) is 4.79 Å². The molecule has 82 valence electrons. The predicted octanol–water partition coefficient (Wildman–Crippen LogP) is 1.28. The number of rotatable bonds is 2. The molecule has 0 aromatic heterocycles. The zero-order chi connectivity index (χ0) is 10.9. The van der Waals surface area contributed by atoms with E-state index < -0.39 is 0 Å². The maximum absolute atomic E-state index is 10.8. The Balaban J connectivity index is 0.000000318. The van der Waals surface area contributed by atoms with Crippen LogP contribution in [0, 0.1) is 63.7 Å². The quantitative estimate of drug-likeness (QED) is 0.317.